The zero-order valence-corrected chi connectivity index (χ0v) is 17.8. The van der Waals surface area contributed by atoms with Crippen LogP contribution in [0.25, 0.3) is 5.70 Å². The fraction of sp³-hybridized carbons (Fsp3) is 0.200. The summed E-state index contributed by atoms with van der Waals surface area (Å²) in [5.41, 5.74) is 3.59. The Morgan fingerprint density at radius 1 is 0.848 bits per heavy atom. The molecule has 0 bridgehead atoms. The number of rotatable bonds is 5. The molecule has 5 rings (SSSR count). The average Bonchev–Trinajstić information content (AvgIpc) is 3.29. The Labute approximate surface area is 190 Å². The molecular formula is C25H22N4O4. The summed E-state index contributed by atoms with van der Waals surface area (Å²) in [7, 11) is 0. The summed E-state index contributed by atoms with van der Waals surface area (Å²) in [6.45, 7) is 1.50. The van der Waals surface area contributed by atoms with Crippen molar-refractivity contribution in [2.24, 2.45) is 0 Å². The minimum absolute atomic E-state index is 0.0518. The molecule has 0 saturated carbocycles. The van der Waals surface area contributed by atoms with Crippen LogP contribution in [0.2, 0.25) is 0 Å². The largest absolute Gasteiger partial charge is 0.348 e. The van der Waals surface area contributed by atoms with Gasteiger partial charge in [0.1, 0.15) is 5.66 Å². The van der Waals surface area contributed by atoms with Gasteiger partial charge in [-0.05, 0) is 47.4 Å². The van der Waals surface area contributed by atoms with E-state index in [0.717, 1.165) is 36.3 Å². The first-order valence-corrected chi connectivity index (χ1v) is 10.8. The molecule has 2 aliphatic rings. The van der Waals surface area contributed by atoms with Gasteiger partial charge in [0.25, 0.3) is 11.4 Å². The van der Waals surface area contributed by atoms with Gasteiger partial charge in [0.15, 0.2) is 0 Å². The van der Waals surface area contributed by atoms with E-state index in [1.807, 2.05) is 30.3 Å². The number of nitrogens with zero attached hydrogens (tertiary/aromatic N) is 3. The van der Waals surface area contributed by atoms with Crippen molar-refractivity contribution < 1.29 is 9.85 Å². The SMILES string of the molecule is O=[N+]([O-])c1ccc(C2=C[C@H](c3ccccc3)C[C@]3(c4ccc([N+](=O)[O-])cc4)NCCN23)cc1. The van der Waals surface area contributed by atoms with Crippen LogP contribution in [0.5, 0.6) is 0 Å². The van der Waals surface area contributed by atoms with Crippen molar-refractivity contribution in [2.45, 2.75) is 18.0 Å². The maximum absolute atomic E-state index is 11.2. The van der Waals surface area contributed by atoms with Crippen LogP contribution in [-0.4, -0.2) is 27.8 Å². The number of fused-ring (bicyclic) bond motifs is 1. The van der Waals surface area contributed by atoms with Crippen molar-refractivity contribution in [2.75, 3.05) is 13.1 Å². The third-order valence-electron chi connectivity index (χ3n) is 6.54. The lowest BCUT2D eigenvalue weighted by molar-refractivity contribution is -0.385. The van der Waals surface area contributed by atoms with Crippen LogP contribution in [0, 0.1) is 20.2 Å². The van der Waals surface area contributed by atoms with Crippen molar-refractivity contribution in [3.8, 4) is 0 Å². The molecule has 2 heterocycles. The van der Waals surface area contributed by atoms with E-state index >= 15 is 0 Å². The van der Waals surface area contributed by atoms with Crippen molar-refractivity contribution in [3.63, 3.8) is 0 Å². The Morgan fingerprint density at radius 3 is 2.06 bits per heavy atom. The molecule has 0 aromatic heterocycles. The molecule has 2 atom stereocenters. The Bertz CT molecular complexity index is 1230. The van der Waals surface area contributed by atoms with E-state index < -0.39 is 15.5 Å². The zero-order valence-electron chi connectivity index (χ0n) is 17.8. The molecule has 166 valence electrons. The van der Waals surface area contributed by atoms with E-state index in [2.05, 4.69) is 28.4 Å². The van der Waals surface area contributed by atoms with Crippen LogP contribution < -0.4 is 5.32 Å². The summed E-state index contributed by atoms with van der Waals surface area (Å²) in [4.78, 5) is 23.8. The lowest BCUT2D eigenvalue weighted by atomic mass is 9.79. The zero-order chi connectivity index (χ0) is 23.0. The van der Waals surface area contributed by atoms with Crippen molar-refractivity contribution in [1.29, 1.82) is 0 Å². The molecule has 1 fully saturated rings. The number of hydrogen-bond acceptors (Lipinski definition) is 6. The van der Waals surface area contributed by atoms with Gasteiger partial charge in [-0.3, -0.25) is 25.5 Å². The van der Waals surface area contributed by atoms with E-state index in [9.17, 15) is 20.2 Å². The molecule has 3 aromatic carbocycles. The van der Waals surface area contributed by atoms with Crippen molar-refractivity contribution >= 4 is 17.1 Å². The third kappa shape index (κ3) is 3.64. The highest BCUT2D eigenvalue weighted by molar-refractivity contribution is 5.69. The lowest BCUT2D eigenvalue weighted by Gasteiger charge is -2.47. The number of nitro benzene ring substituents is 2. The van der Waals surface area contributed by atoms with E-state index in [-0.39, 0.29) is 17.3 Å². The van der Waals surface area contributed by atoms with Gasteiger partial charge in [-0.1, -0.05) is 36.4 Å². The highest BCUT2D eigenvalue weighted by Crippen LogP contribution is 2.48. The minimum Gasteiger partial charge on any atom is -0.348 e. The summed E-state index contributed by atoms with van der Waals surface area (Å²) in [5, 5.41) is 26.0. The number of hydrogen-bond donors (Lipinski definition) is 1. The predicted octanol–water partition coefficient (Wildman–Crippen LogP) is 4.79. The van der Waals surface area contributed by atoms with E-state index in [0.29, 0.717) is 0 Å². The van der Waals surface area contributed by atoms with Gasteiger partial charge in [0.2, 0.25) is 0 Å². The Kier molecular flexibility index (Phi) is 5.14. The molecule has 0 amide bonds. The monoisotopic (exact) mass is 442 g/mol. The smallest absolute Gasteiger partial charge is 0.269 e. The molecule has 2 aliphatic heterocycles. The first kappa shape index (κ1) is 20.8. The van der Waals surface area contributed by atoms with Crippen LogP contribution in [0.15, 0.2) is 84.9 Å². The maximum atomic E-state index is 11.2. The summed E-state index contributed by atoms with van der Waals surface area (Å²) < 4.78 is 0. The quantitative estimate of drug-likeness (QED) is 0.450. The number of nitro groups is 2. The predicted molar refractivity (Wildman–Crippen MR) is 124 cm³/mol. The first-order chi connectivity index (χ1) is 16.0. The average molecular weight is 442 g/mol. The van der Waals surface area contributed by atoms with Crippen LogP contribution in [0.1, 0.15) is 29.0 Å². The van der Waals surface area contributed by atoms with Crippen LogP contribution >= 0.6 is 0 Å². The van der Waals surface area contributed by atoms with Crippen LogP contribution in [0.4, 0.5) is 11.4 Å². The maximum Gasteiger partial charge on any atom is 0.269 e. The number of allylic oxidation sites excluding steroid dienone is 1. The molecule has 0 unspecified atom stereocenters. The van der Waals surface area contributed by atoms with E-state index in [4.69, 9.17) is 0 Å². The topological polar surface area (TPSA) is 102 Å². The van der Waals surface area contributed by atoms with Crippen LogP contribution in [0.3, 0.4) is 0 Å². The normalized spacial score (nSPS) is 21.9. The summed E-state index contributed by atoms with van der Waals surface area (Å²) >= 11 is 0. The standard InChI is InChI=1S/C25H22N4O4/c30-28(31)22-10-6-19(7-11-22)24-16-20(18-4-2-1-3-5-18)17-25(26-14-15-27(24)25)21-8-12-23(13-9-21)29(32)33/h1-13,16,20,26H,14-15,17H2/t20-,25-/m0/s1. The summed E-state index contributed by atoms with van der Waals surface area (Å²) in [5.74, 6) is 0.0911. The number of benzene rings is 3. The van der Waals surface area contributed by atoms with Gasteiger partial charge in [0.05, 0.1) is 9.85 Å². The molecule has 33 heavy (non-hydrogen) atoms. The van der Waals surface area contributed by atoms with E-state index in [1.165, 1.54) is 17.7 Å². The van der Waals surface area contributed by atoms with Gasteiger partial charge in [-0.25, -0.2) is 0 Å². The highest BCUT2D eigenvalue weighted by Gasteiger charge is 2.47. The third-order valence-corrected chi connectivity index (χ3v) is 6.54. The Hall–Kier alpha value is -4.04. The van der Waals surface area contributed by atoms with Crippen molar-refractivity contribution in [1.82, 2.24) is 10.2 Å². The fourth-order valence-electron chi connectivity index (χ4n) is 4.98. The number of non-ortho nitro benzene ring substituents is 2. The summed E-state index contributed by atoms with van der Waals surface area (Å²) in [6, 6.07) is 23.6. The Morgan fingerprint density at radius 2 is 1.45 bits per heavy atom. The van der Waals surface area contributed by atoms with E-state index in [1.54, 1.807) is 24.3 Å². The molecule has 8 nitrogen and oxygen atoms in total. The highest BCUT2D eigenvalue weighted by atomic mass is 16.6. The van der Waals surface area contributed by atoms with Gasteiger partial charge >= 0.3 is 0 Å². The van der Waals surface area contributed by atoms with Gasteiger partial charge in [-0.2, -0.15) is 0 Å². The molecule has 3 aromatic rings. The second-order valence-corrected chi connectivity index (χ2v) is 8.32. The molecule has 8 heteroatoms. The molecular weight excluding hydrogens is 420 g/mol. The lowest BCUT2D eigenvalue weighted by Crippen LogP contribution is -2.50. The molecule has 1 N–H and O–H groups in total. The fourth-order valence-corrected chi connectivity index (χ4v) is 4.98. The first-order valence-electron chi connectivity index (χ1n) is 10.8. The summed E-state index contributed by atoms with van der Waals surface area (Å²) in [6.07, 6.45) is 2.98. The Balaban J connectivity index is 1.63. The molecule has 0 radical (unpaired) electrons. The van der Waals surface area contributed by atoms with Gasteiger partial charge in [0, 0.05) is 49.0 Å². The van der Waals surface area contributed by atoms with Crippen LogP contribution in [-0.2, 0) is 5.66 Å². The molecule has 0 aliphatic carbocycles. The van der Waals surface area contributed by atoms with Crippen molar-refractivity contribution in [3.05, 3.63) is 122 Å². The second kappa shape index (κ2) is 8.14. The minimum atomic E-state index is -0.540. The second-order valence-electron chi connectivity index (χ2n) is 8.32. The number of nitrogens with one attached hydrogen (secondary N) is 1. The van der Waals surface area contributed by atoms with Gasteiger partial charge < -0.3 is 4.90 Å². The van der Waals surface area contributed by atoms with Gasteiger partial charge in [-0.15, -0.1) is 0 Å². The molecule has 1 saturated heterocycles. The molecule has 0 spiro atoms.